The van der Waals surface area contributed by atoms with E-state index in [1.807, 2.05) is 0 Å². The first kappa shape index (κ1) is 15.9. The topological polar surface area (TPSA) is 49.3 Å². The van der Waals surface area contributed by atoms with Gasteiger partial charge in [-0.15, -0.1) is 0 Å². The standard InChI is InChI=1S/C22H29NO2/c24-20-21(12-5-2-6-13-21)22(25)18(23-20)14-16-10-7-11-17(19(16)22)15-8-3-1-4-9-15/h1,3-4,8-9,16-19,25H,2,5-7,10-14H2,(H,23,24). The van der Waals surface area contributed by atoms with Gasteiger partial charge in [-0.05, 0) is 49.5 Å². The van der Waals surface area contributed by atoms with Crippen LogP contribution in [-0.4, -0.2) is 22.7 Å². The minimum Gasteiger partial charge on any atom is -0.386 e. The van der Waals surface area contributed by atoms with Gasteiger partial charge < -0.3 is 10.4 Å². The molecule has 134 valence electrons. The largest absolute Gasteiger partial charge is 0.386 e. The highest BCUT2D eigenvalue weighted by atomic mass is 16.3. The average Bonchev–Trinajstić information content (AvgIpc) is 3.05. The second kappa shape index (κ2) is 5.57. The van der Waals surface area contributed by atoms with E-state index in [4.69, 9.17) is 0 Å². The summed E-state index contributed by atoms with van der Waals surface area (Å²) in [4.78, 5) is 13.0. The number of hydrogen-bond donors (Lipinski definition) is 2. The zero-order chi connectivity index (χ0) is 17.1. The molecule has 1 spiro atoms. The van der Waals surface area contributed by atoms with Gasteiger partial charge in [-0.1, -0.05) is 56.0 Å². The minimum absolute atomic E-state index is 0.0302. The molecular weight excluding hydrogens is 310 g/mol. The molecule has 1 aromatic carbocycles. The van der Waals surface area contributed by atoms with Gasteiger partial charge in [0.2, 0.25) is 5.91 Å². The molecule has 4 fully saturated rings. The summed E-state index contributed by atoms with van der Waals surface area (Å²) in [6.45, 7) is 0. The molecule has 4 aliphatic rings. The lowest BCUT2D eigenvalue weighted by Crippen LogP contribution is -2.57. The monoisotopic (exact) mass is 339 g/mol. The normalized spacial score (nSPS) is 42.0. The van der Waals surface area contributed by atoms with Crippen LogP contribution in [0.5, 0.6) is 0 Å². The molecule has 0 aromatic heterocycles. The highest BCUT2D eigenvalue weighted by Crippen LogP contribution is 2.65. The Labute approximate surface area is 150 Å². The van der Waals surface area contributed by atoms with E-state index in [0.717, 1.165) is 38.5 Å². The van der Waals surface area contributed by atoms with E-state index in [2.05, 4.69) is 35.6 Å². The van der Waals surface area contributed by atoms with Gasteiger partial charge in [0.15, 0.2) is 0 Å². The van der Waals surface area contributed by atoms with E-state index in [0.29, 0.717) is 11.8 Å². The molecule has 3 saturated carbocycles. The molecule has 1 aromatic rings. The zero-order valence-electron chi connectivity index (χ0n) is 14.9. The van der Waals surface area contributed by atoms with Gasteiger partial charge in [-0.3, -0.25) is 4.79 Å². The van der Waals surface area contributed by atoms with Crippen LogP contribution in [0.1, 0.15) is 69.3 Å². The summed E-state index contributed by atoms with van der Waals surface area (Å²) in [6, 6.07) is 10.7. The van der Waals surface area contributed by atoms with E-state index in [1.54, 1.807) is 0 Å². The van der Waals surface area contributed by atoms with Gasteiger partial charge in [0.1, 0.15) is 5.60 Å². The lowest BCUT2D eigenvalue weighted by atomic mass is 9.55. The molecule has 1 amide bonds. The van der Waals surface area contributed by atoms with E-state index in [1.165, 1.54) is 24.8 Å². The maximum Gasteiger partial charge on any atom is 0.229 e. The quantitative estimate of drug-likeness (QED) is 0.818. The molecule has 3 aliphatic carbocycles. The summed E-state index contributed by atoms with van der Waals surface area (Å²) >= 11 is 0. The number of carbonyl (C=O) groups excluding carboxylic acids is 1. The van der Waals surface area contributed by atoms with Crippen LogP contribution >= 0.6 is 0 Å². The highest BCUT2D eigenvalue weighted by molar-refractivity contribution is 5.88. The number of amides is 1. The number of fused-ring (bicyclic) bond motifs is 4. The first-order chi connectivity index (χ1) is 12.2. The van der Waals surface area contributed by atoms with Gasteiger partial charge in [0.05, 0.1) is 11.5 Å². The summed E-state index contributed by atoms with van der Waals surface area (Å²) in [5, 5.41) is 15.5. The summed E-state index contributed by atoms with van der Waals surface area (Å²) in [5.74, 6) is 1.32. The fourth-order valence-electron chi connectivity index (χ4n) is 7.09. The number of nitrogens with one attached hydrogen (secondary N) is 1. The first-order valence-corrected chi connectivity index (χ1v) is 10.2. The van der Waals surface area contributed by atoms with Crippen molar-refractivity contribution < 1.29 is 9.90 Å². The third-order valence-corrected chi connectivity index (χ3v) is 8.05. The Kier molecular flexibility index (Phi) is 3.54. The minimum atomic E-state index is -0.851. The van der Waals surface area contributed by atoms with Crippen LogP contribution in [-0.2, 0) is 4.79 Å². The van der Waals surface area contributed by atoms with Crippen molar-refractivity contribution in [1.82, 2.24) is 5.32 Å². The van der Waals surface area contributed by atoms with Crippen molar-refractivity contribution in [2.75, 3.05) is 0 Å². The molecule has 3 nitrogen and oxygen atoms in total. The van der Waals surface area contributed by atoms with E-state index >= 15 is 0 Å². The van der Waals surface area contributed by atoms with Gasteiger partial charge in [0.25, 0.3) is 0 Å². The van der Waals surface area contributed by atoms with Crippen LogP contribution in [0.3, 0.4) is 0 Å². The molecule has 0 radical (unpaired) electrons. The summed E-state index contributed by atoms with van der Waals surface area (Å²) in [5.41, 5.74) is -0.0212. The predicted octanol–water partition coefficient (Wildman–Crippen LogP) is 3.77. The van der Waals surface area contributed by atoms with Crippen LogP contribution < -0.4 is 5.32 Å². The summed E-state index contributed by atoms with van der Waals surface area (Å²) in [6.07, 6.45) is 9.66. The SMILES string of the molecule is O=C1NC2CC3CCCC(c4ccccc4)C3C2(O)C12CCCCC2. The lowest BCUT2D eigenvalue weighted by Gasteiger charge is -2.50. The summed E-state index contributed by atoms with van der Waals surface area (Å²) < 4.78 is 0. The Morgan fingerprint density at radius 3 is 2.52 bits per heavy atom. The molecule has 1 heterocycles. The highest BCUT2D eigenvalue weighted by Gasteiger charge is 2.73. The maximum atomic E-state index is 13.0. The Morgan fingerprint density at radius 2 is 1.76 bits per heavy atom. The van der Waals surface area contributed by atoms with E-state index in [-0.39, 0.29) is 17.9 Å². The zero-order valence-corrected chi connectivity index (χ0v) is 14.9. The van der Waals surface area contributed by atoms with Gasteiger partial charge in [-0.2, -0.15) is 0 Å². The Morgan fingerprint density at radius 1 is 1.00 bits per heavy atom. The molecule has 1 aliphatic heterocycles. The molecule has 2 N–H and O–H groups in total. The number of aliphatic hydroxyl groups is 1. The molecule has 25 heavy (non-hydrogen) atoms. The van der Waals surface area contributed by atoms with E-state index in [9.17, 15) is 9.90 Å². The third kappa shape index (κ3) is 1.99. The molecule has 1 saturated heterocycles. The average molecular weight is 339 g/mol. The van der Waals surface area contributed by atoms with Crippen molar-refractivity contribution >= 4 is 5.91 Å². The number of carbonyl (C=O) groups is 1. The van der Waals surface area contributed by atoms with Crippen LogP contribution in [0.4, 0.5) is 0 Å². The fraction of sp³-hybridized carbons (Fsp3) is 0.682. The van der Waals surface area contributed by atoms with Crippen LogP contribution in [0.2, 0.25) is 0 Å². The fourth-order valence-corrected chi connectivity index (χ4v) is 7.09. The Hall–Kier alpha value is -1.35. The molecule has 5 rings (SSSR count). The number of rotatable bonds is 1. The van der Waals surface area contributed by atoms with Crippen molar-refractivity contribution in [1.29, 1.82) is 0 Å². The summed E-state index contributed by atoms with van der Waals surface area (Å²) in [7, 11) is 0. The van der Waals surface area contributed by atoms with Crippen molar-refractivity contribution in [3.05, 3.63) is 35.9 Å². The lowest BCUT2D eigenvalue weighted by molar-refractivity contribution is -0.155. The first-order valence-electron chi connectivity index (χ1n) is 10.2. The second-order valence-electron chi connectivity index (χ2n) is 8.96. The van der Waals surface area contributed by atoms with Crippen LogP contribution in [0.25, 0.3) is 0 Å². The van der Waals surface area contributed by atoms with Crippen molar-refractivity contribution in [3.63, 3.8) is 0 Å². The molecule has 5 atom stereocenters. The van der Waals surface area contributed by atoms with Crippen LogP contribution in [0, 0.1) is 17.3 Å². The molecular formula is C22H29NO2. The van der Waals surface area contributed by atoms with Crippen molar-refractivity contribution in [2.24, 2.45) is 17.3 Å². The van der Waals surface area contributed by atoms with Gasteiger partial charge in [-0.25, -0.2) is 0 Å². The van der Waals surface area contributed by atoms with Gasteiger partial charge >= 0.3 is 0 Å². The van der Waals surface area contributed by atoms with Gasteiger partial charge in [0, 0.05) is 5.92 Å². The second-order valence-corrected chi connectivity index (χ2v) is 8.96. The Bertz CT molecular complexity index is 666. The van der Waals surface area contributed by atoms with Crippen molar-refractivity contribution in [3.8, 4) is 0 Å². The Balaban J connectivity index is 1.61. The van der Waals surface area contributed by atoms with Crippen molar-refractivity contribution in [2.45, 2.75) is 75.3 Å². The molecule has 5 unspecified atom stereocenters. The number of benzene rings is 1. The maximum absolute atomic E-state index is 13.0. The molecule has 0 bridgehead atoms. The smallest absolute Gasteiger partial charge is 0.229 e. The van der Waals surface area contributed by atoms with Crippen LogP contribution in [0.15, 0.2) is 30.3 Å². The predicted molar refractivity (Wildman–Crippen MR) is 97.0 cm³/mol. The molecule has 3 heteroatoms. The number of hydrogen-bond acceptors (Lipinski definition) is 2. The third-order valence-electron chi connectivity index (χ3n) is 8.05. The van der Waals surface area contributed by atoms with E-state index < -0.39 is 11.0 Å².